The van der Waals surface area contributed by atoms with Crippen LogP contribution in [0, 0.1) is 0 Å². The lowest BCUT2D eigenvalue weighted by Gasteiger charge is -2.16. The van der Waals surface area contributed by atoms with E-state index in [1.54, 1.807) is 0 Å². The van der Waals surface area contributed by atoms with Crippen molar-refractivity contribution in [2.45, 2.75) is 32.2 Å². The van der Waals surface area contributed by atoms with Gasteiger partial charge in [0, 0.05) is 6.54 Å². The van der Waals surface area contributed by atoms with Crippen LogP contribution in [0.1, 0.15) is 29.5 Å². The second-order valence-corrected chi connectivity index (χ2v) is 4.49. The summed E-state index contributed by atoms with van der Waals surface area (Å²) in [6.45, 7) is 0.996. The van der Waals surface area contributed by atoms with Gasteiger partial charge in [-0.05, 0) is 42.4 Å². The molecule has 0 amide bonds. The Labute approximate surface area is 102 Å². The SMILES string of the molecule is COC(=O)CNCc1ccc2c(c1)CCCC2. The van der Waals surface area contributed by atoms with Crippen LogP contribution in [0.2, 0.25) is 0 Å². The first-order chi connectivity index (χ1) is 8.29. The Morgan fingerprint density at radius 2 is 2.06 bits per heavy atom. The zero-order valence-electron chi connectivity index (χ0n) is 10.3. The lowest BCUT2D eigenvalue weighted by molar-refractivity contribution is -0.139. The van der Waals surface area contributed by atoms with Crippen molar-refractivity contribution in [1.82, 2.24) is 5.32 Å². The molecule has 0 fully saturated rings. The van der Waals surface area contributed by atoms with E-state index in [1.165, 1.54) is 49.5 Å². The fourth-order valence-corrected chi connectivity index (χ4v) is 2.28. The minimum Gasteiger partial charge on any atom is -0.468 e. The third-order valence-electron chi connectivity index (χ3n) is 3.24. The molecule has 1 aliphatic rings. The third-order valence-corrected chi connectivity index (χ3v) is 3.24. The summed E-state index contributed by atoms with van der Waals surface area (Å²) in [4.78, 5) is 10.9. The first-order valence-corrected chi connectivity index (χ1v) is 6.18. The van der Waals surface area contributed by atoms with Crippen LogP contribution in [0.4, 0.5) is 0 Å². The highest BCUT2D eigenvalue weighted by molar-refractivity contribution is 5.71. The van der Waals surface area contributed by atoms with E-state index in [0.717, 1.165) is 6.54 Å². The summed E-state index contributed by atoms with van der Waals surface area (Å²) < 4.78 is 4.58. The van der Waals surface area contributed by atoms with Crippen LogP contribution >= 0.6 is 0 Å². The van der Waals surface area contributed by atoms with Crippen molar-refractivity contribution in [2.75, 3.05) is 13.7 Å². The molecule has 3 heteroatoms. The smallest absolute Gasteiger partial charge is 0.319 e. The van der Waals surface area contributed by atoms with Crippen molar-refractivity contribution >= 4 is 5.97 Å². The molecular weight excluding hydrogens is 214 g/mol. The van der Waals surface area contributed by atoms with Gasteiger partial charge in [0.25, 0.3) is 0 Å². The van der Waals surface area contributed by atoms with Gasteiger partial charge < -0.3 is 10.1 Å². The van der Waals surface area contributed by atoms with E-state index < -0.39 is 0 Å². The number of hydrogen-bond acceptors (Lipinski definition) is 3. The molecule has 0 heterocycles. The minimum absolute atomic E-state index is 0.219. The minimum atomic E-state index is -0.219. The van der Waals surface area contributed by atoms with Gasteiger partial charge in [-0.1, -0.05) is 18.2 Å². The molecular formula is C14H19NO2. The summed E-state index contributed by atoms with van der Waals surface area (Å²) in [5.41, 5.74) is 4.22. The summed E-state index contributed by atoms with van der Waals surface area (Å²) in [6, 6.07) is 6.64. The topological polar surface area (TPSA) is 38.3 Å². The molecule has 0 aliphatic heterocycles. The number of benzene rings is 1. The first kappa shape index (κ1) is 12.1. The molecule has 0 saturated heterocycles. The van der Waals surface area contributed by atoms with Gasteiger partial charge in [0.2, 0.25) is 0 Å². The van der Waals surface area contributed by atoms with Crippen molar-refractivity contribution < 1.29 is 9.53 Å². The Morgan fingerprint density at radius 3 is 2.82 bits per heavy atom. The molecule has 0 aromatic heterocycles. The van der Waals surface area contributed by atoms with Gasteiger partial charge in [-0.15, -0.1) is 0 Å². The van der Waals surface area contributed by atoms with E-state index in [9.17, 15) is 4.79 Å². The van der Waals surface area contributed by atoms with E-state index in [0.29, 0.717) is 0 Å². The normalized spacial score (nSPS) is 14.2. The molecule has 0 unspecified atom stereocenters. The molecule has 0 radical (unpaired) electrons. The second-order valence-electron chi connectivity index (χ2n) is 4.49. The van der Waals surface area contributed by atoms with E-state index in [-0.39, 0.29) is 12.5 Å². The summed E-state index contributed by atoms with van der Waals surface area (Å²) >= 11 is 0. The molecule has 1 aromatic rings. The Balaban J connectivity index is 1.91. The maximum Gasteiger partial charge on any atom is 0.319 e. The highest BCUT2D eigenvalue weighted by Crippen LogP contribution is 2.22. The average molecular weight is 233 g/mol. The average Bonchev–Trinajstić information content (AvgIpc) is 2.38. The number of esters is 1. The molecule has 2 rings (SSSR count). The third kappa shape index (κ3) is 3.30. The highest BCUT2D eigenvalue weighted by Gasteiger charge is 2.09. The van der Waals surface area contributed by atoms with Crippen LogP contribution in [0.5, 0.6) is 0 Å². The fourth-order valence-electron chi connectivity index (χ4n) is 2.28. The van der Waals surface area contributed by atoms with Gasteiger partial charge in [-0.25, -0.2) is 0 Å². The molecule has 0 bridgehead atoms. The maximum absolute atomic E-state index is 10.9. The van der Waals surface area contributed by atoms with Crippen molar-refractivity contribution in [3.05, 3.63) is 34.9 Å². The van der Waals surface area contributed by atoms with Crippen LogP contribution in [-0.4, -0.2) is 19.6 Å². The molecule has 1 aromatic carbocycles. The number of rotatable bonds is 4. The zero-order chi connectivity index (χ0) is 12.1. The number of aryl methyl sites for hydroxylation is 2. The van der Waals surface area contributed by atoms with E-state index in [4.69, 9.17) is 0 Å². The van der Waals surface area contributed by atoms with Crippen LogP contribution in [-0.2, 0) is 28.9 Å². The van der Waals surface area contributed by atoms with Gasteiger partial charge in [0.15, 0.2) is 0 Å². The van der Waals surface area contributed by atoms with E-state index in [2.05, 4.69) is 28.3 Å². The van der Waals surface area contributed by atoms with Gasteiger partial charge in [-0.2, -0.15) is 0 Å². The van der Waals surface area contributed by atoms with Crippen molar-refractivity contribution in [1.29, 1.82) is 0 Å². The van der Waals surface area contributed by atoms with Crippen LogP contribution in [0.3, 0.4) is 0 Å². The lowest BCUT2D eigenvalue weighted by atomic mass is 9.90. The van der Waals surface area contributed by atoms with Gasteiger partial charge >= 0.3 is 5.97 Å². The molecule has 0 spiro atoms. The number of hydrogen-bond donors (Lipinski definition) is 1. The van der Waals surface area contributed by atoms with Crippen LogP contribution in [0.25, 0.3) is 0 Å². The Hall–Kier alpha value is -1.35. The number of carbonyl (C=O) groups is 1. The highest BCUT2D eigenvalue weighted by atomic mass is 16.5. The quantitative estimate of drug-likeness (QED) is 0.806. The predicted molar refractivity (Wildman–Crippen MR) is 66.8 cm³/mol. The molecule has 0 atom stereocenters. The predicted octanol–water partition coefficient (Wildman–Crippen LogP) is 1.83. The summed E-state index contributed by atoms with van der Waals surface area (Å²) in [6.07, 6.45) is 5.02. The lowest BCUT2D eigenvalue weighted by Crippen LogP contribution is -2.23. The van der Waals surface area contributed by atoms with Gasteiger partial charge in [0.1, 0.15) is 0 Å². The number of ether oxygens (including phenoxy) is 1. The van der Waals surface area contributed by atoms with Gasteiger partial charge in [0.05, 0.1) is 13.7 Å². The first-order valence-electron chi connectivity index (χ1n) is 6.18. The molecule has 92 valence electrons. The molecule has 1 aliphatic carbocycles. The molecule has 3 nitrogen and oxygen atoms in total. The Kier molecular flexibility index (Phi) is 4.15. The van der Waals surface area contributed by atoms with E-state index >= 15 is 0 Å². The number of nitrogens with one attached hydrogen (secondary N) is 1. The summed E-state index contributed by atoms with van der Waals surface area (Å²) in [5, 5.41) is 3.08. The van der Waals surface area contributed by atoms with Gasteiger partial charge in [-0.3, -0.25) is 4.79 Å². The zero-order valence-corrected chi connectivity index (χ0v) is 10.3. The van der Waals surface area contributed by atoms with E-state index in [1.807, 2.05) is 0 Å². The Morgan fingerprint density at radius 1 is 1.29 bits per heavy atom. The van der Waals surface area contributed by atoms with Crippen molar-refractivity contribution in [2.24, 2.45) is 0 Å². The Bertz CT molecular complexity index is 401. The number of fused-ring (bicyclic) bond motifs is 1. The molecule has 1 N–H and O–H groups in total. The second kappa shape index (κ2) is 5.82. The monoisotopic (exact) mass is 233 g/mol. The van der Waals surface area contributed by atoms with Crippen LogP contribution < -0.4 is 5.32 Å². The summed E-state index contributed by atoms with van der Waals surface area (Å²) in [5.74, 6) is -0.219. The van der Waals surface area contributed by atoms with Crippen molar-refractivity contribution in [3.63, 3.8) is 0 Å². The summed E-state index contributed by atoms with van der Waals surface area (Å²) in [7, 11) is 1.41. The largest absolute Gasteiger partial charge is 0.468 e. The molecule has 17 heavy (non-hydrogen) atoms. The number of carbonyl (C=O) groups excluding carboxylic acids is 1. The van der Waals surface area contributed by atoms with Crippen LogP contribution in [0.15, 0.2) is 18.2 Å². The fraction of sp³-hybridized carbons (Fsp3) is 0.500. The van der Waals surface area contributed by atoms with Crippen molar-refractivity contribution in [3.8, 4) is 0 Å². The number of methoxy groups -OCH3 is 1. The standard InChI is InChI=1S/C14H19NO2/c1-17-14(16)10-15-9-11-6-7-12-4-2-3-5-13(12)8-11/h6-8,15H,2-5,9-10H2,1H3. The molecule has 0 saturated carbocycles. The maximum atomic E-state index is 10.9.